The second-order valence-electron chi connectivity index (χ2n) is 14.0. The minimum Gasteiger partial charge on any atom is -0.309 e. The number of alkyl halides is 6. The highest BCUT2D eigenvalue weighted by molar-refractivity contribution is 6.12. The van der Waals surface area contributed by atoms with Crippen molar-refractivity contribution in [3.63, 3.8) is 0 Å². The number of halogens is 6. The predicted molar refractivity (Wildman–Crippen MR) is 210 cm³/mol. The molecule has 2 heterocycles. The van der Waals surface area contributed by atoms with Gasteiger partial charge in [-0.15, -0.1) is 0 Å². The molecule has 56 heavy (non-hydrogen) atoms. The van der Waals surface area contributed by atoms with Crippen molar-refractivity contribution in [1.82, 2.24) is 9.13 Å². The average Bonchev–Trinajstić information content (AvgIpc) is 3.68. The van der Waals surface area contributed by atoms with E-state index in [0.717, 1.165) is 60.8 Å². The predicted octanol–water partition coefficient (Wildman–Crippen LogP) is 13.7. The van der Waals surface area contributed by atoms with Crippen LogP contribution in [0.25, 0.3) is 77.2 Å². The fraction of sp³-hybridized carbons (Fsp3) is 0.0851. The van der Waals surface area contributed by atoms with Crippen LogP contribution in [0.4, 0.5) is 26.3 Å². The lowest BCUT2D eigenvalue weighted by Crippen LogP contribution is -2.13. The van der Waals surface area contributed by atoms with Crippen LogP contribution < -0.4 is 0 Å². The van der Waals surface area contributed by atoms with Crippen LogP contribution >= 0.6 is 0 Å². The summed E-state index contributed by atoms with van der Waals surface area (Å²) in [5.41, 5.74) is 3.62. The van der Waals surface area contributed by atoms with Crippen LogP contribution in [0.5, 0.6) is 0 Å². The van der Waals surface area contributed by atoms with Crippen LogP contribution in [-0.4, -0.2) is 9.13 Å². The fourth-order valence-electron chi connectivity index (χ4n) is 8.18. The third kappa shape index (κ3) is 5.43. The lowest BCUT2D eigenvalue weighted by atomic mass is 9.86. The Morgan fingerprint density at radius 2 is 0.982 bits per heavy atom. The minimum absolute atomic E-state index is 0.0159. The molecule has 0 N–H and O–H groups in total. The van der Waals surface area contributed by atoms with E-state index in [9.17, 15) is 18.4 Å². The topological polar surface area (TPSA) is 33.6 Å². The summed E-state index contributed by atoms with van der Waals surface area (Å²) < 4.78 is 91.1. The summed E-state index contributed by atoms with van der Waals surface area (Å²) in [7, 11) is 0. The molecule has 0 spiro atoms. The summed E-state index contributed by atoms with van der Waals surface area (Å²) in [5, 5.41) is 14.6. The molecule has 0 aliphatic rings. The maximum atomic E-state index is 15.1. The molecule has 0 bridgehead atoms. The van der Waals surface area contributed by atoms with Crippen molar-refractivity contribution in [3.8, 4) is 39.7 Å². The van der Waals surface area contributed by atoms with Gasteiger partial charge in [-0.05, 0) is 91.7 Å². The van der Waals surface area contributed by atoms with Gasteiger partial charge in [-0.2, -0.15) is 31.6 Å². The van der Waals surface area contributed by atoms with Crippen LogP contribution in [0.1, 0.15) is 27.8 Å². The molecule has 7 aromatic carbocycles. The van der Waals surface area contributed by atoms with Gasteiger partial charge in [0.15, 0.2) is 0 Å². The smallest absolute Gasteiger partial charge is 0.309 e. The van der Waals surface area contributed by atoms with E-state index in [-0.39, 0.29) is 22.8 Å². The van der Waals surface area contributed by atoms with Crippen LogP contribution in [-0.2, 0) is 12.4 Å². The van der Waals surface area contributed by atoms with Crippen molar-refractivity contribution < 1.29 is 26.3 Å². The third-order valence-electron chi connectivity index (χ3n) is 10.5. The van der Waals surface area contributed by atoms with Crippen molar-refractivity contribution in [1.29, 1.82) is 5.26 Å². The van der Waals surface area contributed by atoms with Gasteiger partial charge in [0.1, 0.15) is 0 Å². The molecule has 9 rings (SSSR count). The Morgan fingerprint density at radius 1 is 0.464 bits per heavy atom. The fourth-order valence-corrected chi connectivity index (χ4v) is 8.18. The number of rotatable bonds is 4. The summed E-state index contributed by atoms with van der Waals surface area (Å²) in [6.45, 7) is 3.97. The van der Waals surface area contributed by atoms with Gasteiger partial charge in [0.2, 0.25) is 0 Å². The standard InChI is InChI=1S/C47H29F6N3/c1-27-17-21-40-35(23-27)32-10-3-5-13-38(32)55(40)42-15-7-9-29(26-54)44(42)45-34(31-20-19-30(46(48,49)50)25-37(31)47(51,52)53)12-8-16-43(45)56-39-14-6-4-11-33(39)36-24-28(2)18-22-41(36)56/h3-25H,1-2H3. The summed E-state index contributed by atoms with van der Waals surface area (Å²) in [5.74, 6) is 0. The molecule has 0 aliphatic heterocycles. The molecule has 0 atom stereocenters. The second kappa shape index (κ2) is 12.6. The van der Waals surface area contributed by atoms with Crippen LogP contribution in [0, 0.1) is 25.2 Å². The van der Waals surface area contributed by atoms with E-state index < -0.39 is 29.0 Å². The van der Waals surface area contributed by atoms with Crippen LogP contribution in [0.2, 0.25) is 0 Å². The first kappa shape index (κ1) is 34.9. The van der Waals surface area contributed by atoms with Gasteiger partial charge in [-0.25, -0.2) is 0 Å². The van der Waals surface area contributed by atoms with Crippen molar-refractivity contribution >= 4 is 43.6 Å². The van der Waals surface area contributed by atoms with E-state index in [0.29, 0.717) is 23.0 Å². The number of hydrogen-bond acceptors (Lipinski definition) is 1. The van der Waals surface area contributed by atoms with E-state index in [1.54, 1.807) is 24.3 Å². The van der Waals surface area contributed by atoms with E-state index in [1.165, 1.54) is 6.07 Å². The number of benzene rings is 7. The number of nitriles is 1. The van der Waals surface area contributed by atoms with Crippen molar-refractivity contribution in [2.24, 2.45) is 0 Å². The zero-order valence-corrected chi connectivity index (χ0v) is 29.9. The number of nitrogens with zero attached hydrogens (tertiary/aromatic N) is 3. The Balaban J connectivity index is 1.50. The monoisotopic (exact) mass is 749 g/mol. The Bertz CT molecular complexity index is 3100. The van der Waals surface area contributed by atoms with Gasteiger partial charge < -0.3 is 9.13 Å². The van der Waals surface area contributed by atoms with E-state index in [2.05, 4.69) is 12.1 Å². The average molecular weight is 750 g/mol. The molecule has 0 radical (unpaired) electrons. The number of para-hydroxylation sites is 2. The number of hydrogen-bond donors (Lipinski definition) is 0. The molecule has 3 nitrogen and oxygen atoms in total. The van der Waals surface area contributed by atoms with Crippen LogP contribution in [0.15, 0.2) is 140 Å². The largest absolute Gasteiger partial charge is 0.417 e. The molecule has 0 amide bonds. The minimum atomic E-state index is -5.16. The van der Waals surface area contributed by atoms with Crippen molar-refractivity contribution in [2.45, 2.75) is 26.2 Å². The normalized spacial score (nSPS) is 12.3. The molecule has 0 saturated carbocycles. The zero-order valence-electron chi connectivity index (χ0n) is 29.9. The maximum Gasteiger partial charge on any atom is 0.417 e. The van der Waals surface area contributed by atoms with Gasteiger partial charge in [0.05, 0.1) is 56.2 Å². The number of aryl methyl sites for hydroxylation is 2. The zero-order chi connectivity index (χ0) is 39.1. The molecule has 0 aliphatic carbocycles. The molecule has 9 heteroatoms. The highest BCUT2D eigenvalue weighted by Gasteiger charge is 2.39. The lowest BCUT2D eigenvalue weighted by molar-refractivity contribution is -0.142. The van der Waals surface area contributed by atoms with E-state index in [4.69, 9.17) is 0 Å². The number of aromatic nitrogens is 2. The molecule has 2 aromatic heterocycles. The van der Waals surface area contributed by atoms with Gasteiger partial charge in [0.25, 0.3) is 0 Å². The summed E-state index contributed by atoms with van der Waals surface area (Å²) in [6.07, 6.45) is -10.2. The first-order valence-corrected chi connectivity index (χ1v) is 17.8. The summed E-state index contributed by atoms with van der Waals surface area (Å²) in [6, 6.07) is 41.6. The lowest BCUT2D eigenvalue weighted by Gasteiger charge is -2.24. The highest BCUT2D eigenvalue weighted by atomic mass is 19.4. The van der Waals surface area contributed by atoms with Crippen molar-refractivity contribution in [3.05, 3.63) is 167 Å². The highest BCUT2D eigenvalue weighted by Crippen LogP contribution is 2.49. The summed E-state index contributed by atoms with van der Waals surface area (Å²) in [4.78, 5) is 0. The Morgan fingerprint density at radius 3 is 1.52 bits per heavy atom. The summed E-state index contributed by atoms with van der Waals surface area (Å²) >= 11 is 0. The van der Waals surface area contributed by atoms with E-state index in [1.807, 2.05) is 108 Å². The first-order chi connectivity index (χ1) is 26.8. The van der Waals surface area contributed by atoms with Gasteiger partial charge in [-0.3, -0.25) is 0 Å². The quantitative estimate of drug-likeness (QED) is 0.165. The van der Waals surface area contributed by atoms with Crippen molar-refractivity contribution in [2.75, 3.05) is 0 Å². The molecule has 0 saturated heterocycles. The number of fused-ring (bicyclic) bond motifs is 6. The Kier molecular flexibility index (Phi) is 7.89. The Hall–Kier alpha value is -6.79. The molecule has 9 aromatic rings. The van der Waals surface area contributed by atoms with Gasteiger partial charge in [-0.1, -0.05) is 83.9 Å². The van der Waals surface area contributed by atoms with Gasteiger partial charge >= 0.3 is 12.4 Å². The second-order valence-corrected chi connectivity index (χ2v) is 14.0. The maximum absolute atomic E-state index is 15.1. The first-order valence-electron chi connectivity index (χ1n) is 17.8. The molecular weight excluding hydrogens is 721 g/mol. The SMILES string of the molecule is Cc1ccc2c(c1)c1ccccc1n2-c1cccc(C#N)c1-c1c(-c2ccc(C(F)(F)F)cc2C(F)(F)F)cccc1-n1c2ccccc2c2cc(C)ccc21. The molecule has 0 fully saturated rings. The molecule has 0 unspecified atom stereocenters. The third-order valence-corrected chi connectivity index (χ3v) is 10.5. The van der Waals surface area contributed by atoms with E-state index >= 15 is 13.2 Å². The van der Waals surface area contributed by atoms with Gasteiger partial charge in [0, 0.05) is 32.7 Å². The molecule has 274 valence electrons. The Labute approximate surface area is 316 Å². The van der Waals surface area contributed by atoms with Crippen LogP contribution in [0.3, 0.4) is 0 Å². The molecular formula is C47H29F6N3.